The lowest BCUT2D eigenvalue weighted by atomic mass is 9.87. The van der Waals surface area contributed by atoms with Crippen molar-refractivity contribution in [3.63, 3.8) is 0 Å². The molecule has 18 heavy (non-hydrogen) atoms. The van der Waals surface area contributed by atoms with Crippen LogP contribution in [0, 0.1) is 5.41 Å². The fourth-order valence-corrected chi connectivity index (χ4v) is 2.36. The van der Waals surface area contributed by atoms with Crippen molar-refractivity contribution in [2.75, 3.05) is 26.4 Å². The summed E-state index contributed by atoms with van der Waals surface area (Å²) in [5.74, 6) is -1.38. The van der Waals surface area contributed by atoms with Gasteiger partial charge < -0.3 is 20.3 Å². The average Bonchev–Trinajstić information content (AvgIpc) is 2.77. The van der Waals surface area contributed by atoms with Crippen molar-refractivity contribution in [3.8, 4) is 0 Å². The Labute approximate surface area is 107 Å². The first-order chi connectivity index (χ1) is 8.56. The molecular formula is C11H13NO5S. The molecule has 0 radical (unpaired) electrons. The highest BCUT2D eigenvalue weighted by Crippen LogP contribution is 2.25. The molecule has 1 saturated heterocycles. The highest BCUT2D eigenvalue weighted by molar-refractivity contribution is 7.12. The van der Waals surface area contributed by atoms with Gasteiger partial charge in [0.2, 0.25) is 0 Å². The number of hydrogen-bond donors (Lipinski definition) is 3. The van der Waals surface area contributed by atoms with Crippen LogP contribution in [0.2, 0.25) is 0 Å². The summed E-state index contributed by atoms with van der Waals surface area (Å²) in [6.45, 7) is 1.13. The second-order valence-corrected chi connectivity index (χ2v) is 5.25. The number of thiophene rings is 1. The maximum absolute atomic E-state index is 11.8. The molecule has 0 spiro atoms. The molecule has 3 N–H and O–H groups in total. The Morgan fingerprint density at radius 3 is 2.67 bits per heavy atom. The number of aromatic carboxylic acids is 1. The first-order valence-electron chi connectivity index (χ1n) is 5.35. The number of ether oxygens (including phenoxy) is 1. The van der Waals surface area contributed by atoms with Crippen LogP contribution in [0.4, 0.5) is 0 Å². The van der Waals surface area contributed by atoms with Crippen LogP contribution < -0.4 is 5.32 Å². The van der Waals surface area contributed by atoms with Gasteiger partial charge in [0.25, 0.3) is 5.91 Å². The summed E-state index contributed by atoms with van der Waals surface area (Å²) >= 11 is 1.08. The van der Waals surface area contributed by atoms with Crippen LogP contribution in [0.5, 0.6) is 0 Å². The zero-order chi connectivity index (χ0) is 13.2. The van der Waals surface area contributed by atoms with Gasteiger partial charge in [0.1, 0.15) is 0 Å². The predicted molar refractivity (Wildman–Crippen MR) is 63.9 cm³/mol. The number of rotatable bonds is 5. The fourth-order valence-electron chi connectivity index (χ4n) is 1.56. The van der Waals surface area contributed by atoms with Gasteiger partial charge >= 0.3 is 5.97 Å². The molecule has 0 unspecified atom stereocenters. The second-order valence-electron chi connectivity index (χ2n) is 4.34. The van der Waals surface area contributed by atoms with E-state index in [4.69, 9.17) is 9.84 Å². The molecular weight excluding hydrogens is 258 g/mol. The molecule has 7 heteroatoms. The Hall–Kier alpha value is -1.44. The number of nitrogens with one attached hydrogen (secondary N) is 1. The summed E-state index contributed by atoms with van der Waals surface area (Å²) < 4.78 is 5.02. The summed E-state index contributed by atoms with van der Waals surface area (Å²) in [5.41, 5.74) is -0.281. The van der Waals surface area contributed by atoms with Crippen LogP contribution in [-0.2, 0) is 4.74 Å². The molecule has 0 bridgehead atoms. The lowest BCUT2D eigenvalue weighted by Crippen LogP contribution is -2.53. The van der Waals surface area contributed by atoms with Crippen molar-refractivity contribution >= 4 is 23.2 Å². The monoisotopic (exact) mass is 271 g/mol. The van der Waals surface area contributed by atoms with Crippen molar-refractivity contribution < 1.29 is 24.5 Å². The Morgan fingerprint density at radius 1 is 1.50 bits per heavy atom. The van der Waals surface area contributed by atoms with Gasteiger partial charge in [-0.3, -0.25) is 4.79 Å². The number of aliphatic hydroxyl groups excluding tert-OH is 1. The number of carboxylic acid groups (broad SMARTS) is 1. The molecule has 1 aromatic rings. The lowest BCUT2D eigenvalue weighted by Gasteiger charge is -2.39. The number of amides is 1. The molecule has 0 aliphatic carbocycles. The molecule has 98 valence electrons. The van der Waals surface area contributed by atoms with Crippen molar-refractivity contribution in [2.45, 2.75) is 0 Å². The number of hydrogen-bond acceptors (Lipinski definition) is 5. The van der Waals surface area contributed by atoms with E-state index in [-0.39, 0.29) is 23.5 Å². The van der Waals surface area contributed by atoms with E-state index in [1.807, 2.05) is 0 Å². The Balaban J connectivity index is 1.93. The van der Waals surface area contributed by atoms with Gasteiger partial charge in [-0.15, -0.1) is 11.3 Å². The number of aliphatic hydroxyl groups is 1. The van der Waals surface area contributed by atoms with Gasteiger partial charge in [-0.25, -0.2) is 4.79 Å². The topological polar surface area (TPSA) is 95.9 Å². The van der Waals surface area contributed by atoms with E-state index in [9.17, 15) is 14.7 Å². The predicted octanol–water partition coefficient (Wildman–Crippen LogP) is 0.185. The van der Waals surface area contributed by atoms with E-state index in [1.54, 1.807) is 0 Å². The molecule has 6 nitrogen and oxygen atoms in total. The molecule has 1 aromatic heterocycles. The van der Waals surface area contributed by atoms with Crippen LogP contribution in [0.3, 0.4) is 0 Å². The van der Waals surface area contributed by atoms with Crippen LogP contribution in [0.25, 0.3) is 0 Å². The number of carboxylic acids is 1. The maximum Gasteiger partial charge on any atom is 0.336 e. The maximum atomic E-state index is 11.8. The highest BCUT2D eigenvalue weighted by atomic mass is 32.1. The van der Waals surface area contributed by atoms with Crippen molar-refractivity contribution in [2.24, 2.45) is 5.41 Å². The molecule has 0 saturated carbocycles. The third-order valence-corrected chi connectivity index (χ3v) is 3.78. The Morgan fingerprint density at radius 2 is 2.22 bits per heavy atom. The molecule has 1 fully saturated rings. The summed E-state index contributed by atoms with van der Waals surface area (Å²) in [6.07, 6.45) is 0. The van der Waals surface area contributed by atoms with Crippen molar-refractivity contribution in [3.05, 3.63) is 21.9 Å². The van der Waals surface area contributed by atoms with E-state index in [1.165, 1.54) is 11.4 Å². The number of carbonyl (C=O) groups excluding carboxylic acids is 1. The van der Waals surface area contributed by atoms with E-state index in [0.29, 0.717) is 24.6 Å². The quantitative estimate of drug-likeness (QED) is 0.710. The molecule has 1 amide bonds. The first-order valence-corrected chi connectivity index (χ1v) is 6.23. The zero-order valence-electron chi connectivity index (χ0n) is 9.51. The van der Waals surface area contributed by atoms with E-state index in [0.717, 1.165) is 11.3 Å². The zero-order valence-corrected chi connectivity index (χ0v) is 10.3. The molecule has 0 aromatic carbocycles. The smallest absolute Gasteiger partial charge is 0.336 e. The SMILES string of the molecule is O=C(O)c1csc(C(=O)NCC2(CO)COC2)c1. The minimum Gasteiger partial charge on any atom is -0.478 e. The molecule has 1 aliphatic heterocycles. The first kappa shape index (κ1) is 13.0. The second kappa shape index (κ2) is 5.05. The summed E-state index contributed by atoms with van der Waals surface area (Å²) in [7, 11) is 0. The molecule has 0 atom stereocenters. The van der Waals surface area contributed by atoms with Gasteiger partial charge in [0.05, 0.1) is 35.7 Å². The van der Waals surface area contributed by atoms with E-state index >= 15 is 0 Å². The average molecular weight is 271 g/mol. The third kappa shape index (κ3) is 2.53. The fraction of sp³-hybridized carbons (Fsp3) is 0.455. The van der Waals surface area contributed by atoms with Crippen LogP contribution >= 0.6 is 11.3 Å². The van der Waals surface area contributed by atoms with Gasteiger partial charge in [-0.1, -0.05) is 0 Å². The Kier molecular flexibility index (Phi) is 3.65. The van der Waals surface area contributed by atoms with Crippen LogP contribution in [-0.4, -0.2) is 48.5 Å². The largest absolute Gasteiger partial charge is 0.478 e. The summed E-state index contributed by atoms with van der Waals surface area (Å²) in [5, 5.41) is 22.0. The third-order valence-electron chi connectivity index (χ3n) is 2.85. The van der Waals surface area contributed by atoms with Gasteiger partial charge in [-0.05, 0) is 6.07 Å². The summed E-state index contributed by atoms with van der Waals surface area (Å²) in [4.78, 5) is 22.8. The molecule has 1 aliphatic rings. The Bertz CT molecular complexity index is 460. The van der Waals surface area contributed by atoms with Crippen molar-refractivity contribution in [1.29, 1.82) is 0 Å². The standard InChI is InChI=1S/C11H13NO5S/c13-4-11(5-17-6-11)3-12-9(14)8-1-7(2-18-8)10(15)16/h1-2,13H,3-6H2,(H,12,14)(H,15,16). The summed E-state index contributed by atoms with van der Waals surface area (Å²) in [6, 6.07) is 1.34. The minimum atomic E-state index is -1.05. The molecule has 2 heterocycles. The van der Waals surface area contributed by atoms with Gasteiger partial charge in [0, 0.05) is 11.9 Å². The highest BCUT2D eigenvalue weighted by Gasteiger charge is 2.38. The van der Waals surface area contributed by atoms with E-state index < -0.39 is 5.97 Å². The van der Waals surface area contributed by atoms with Gasteiger partial charge in [-0.2, -0.15) is 0 Å². The van der Waals surface area contributed by atoms with Crippen LogP contribution in [0.15, 0.2) is 11.4 Å². The normalized spacial score (nSPS) is 16.9. The van der Waals surface area contributed by atoms with Gasteiger partial charge in [0.15, 0.2) is 0 Å². The van der Waals surface area contributed by atoms with E-state index in [2.05, 4.69) is 5.32 Å². The minimum absolute atomic E-state index is 0.0436. The van der Waals surface area contributed by atoms with Crippen molar-refractivity contribution in [1.82, 2.24) is 5.32 Å². The molecule has 2 rings (SSSR count). The number of carbonyl (C=O) groups is 2. The lowest BCUT2D eigenvalue weighted by molar-refractivity contribution is -0.133. The van der Waals surface area contributed by atoms with Crippen LogP contribution in [0.1, 0.15) is 20.0 Å².